The van der Waals surface area contributed by atoms with Crippen molar-refractivity contribution in [3.63, 3.8) is 0 Å². The fourth-order valence-electron chi connectivity index (χ4n) is 2.78. The topological polar surface area (TPSA) is 74.0 Å². The Labute approximate surface area is 162 Å². The Hall–Kier alpha value is -2.08. The van der Waals surface area contributed by atoms with Crippen LogP contribution < -0.4 is 16.2 Å². The molecule has 0 aliphatic carbocycles. The second-order valence-corrected chi connectivity index (χ2v) is 7.94. The highest BCUT2D eigenvalue weighted by Gasteiger charge is 2.15. The minimum absolute atomic E-state index is 0.159. The summed E-state index contributed by atoms with van der Waals surface area (Å²) in [5, 5.41) is 6.25. The van der Waals surface area contributed by atoms with Crippen LogP contribution in [-0.2, 0) is 6.54 Å². The van der Waals surface area contributed by atoms with Gasteiger partial charge in [0.05, 0.1) is 0 Å². The quantitative estimate of drug-likeness (QED) is 0.660. The molecule has 2 aromatic rings. The molecule has 140 valence electrons. The first-order valence-electron chi connectivity index (χ1n) is 8.70. The highest BCUT2D eigenvalue weighted by Crippen LogP contribution is 2.25. The summed E-state index contributed by atoms with van der Waals surface area (Å²) in [5.74, 6) is 0.303. The molecular weight excluding hydrogens is 394 g/mol. The van der Waals surface area contributed by atoms with Gasteiger partial charge in [0.1, 0.15) is 0 Å². The molecule has 0 atom stereocenters. The van der Waals surface area contributed by atoms with Crippen LogP contribution in [0.4, 0.5) is 5.69 Å². The molecule has 0 saturated carbocycles. The first kappa shape index (κ1) is 20.2. The molecule has 0 aliphatic rings. The minimum atomic E-state index is -0.198. The monoisotopic (exact) mass is 419 g/mol. The number of aryl methyl sites for hydroxylation is 2. The van der Waals surface area contributed by atoms with Crippen LogP contribution in [0.1, 0.15) is 46.6 Å². The molecule has 0 saturated heterocycles. The summed E-state index contributed by atoms with van der Waals surface area (Å²) in [5.41, 5.74) is 4.51. The summed E-state index contributed by atoms with van der Waals surface area (Å²) in [4.78, 5) is 27.6. The Kier molecular flexibility index (Phi) is 6.64. The Balaban J connectivity index is 2.21. The summed E-state index contributed by atoms with van der Waals surface area (Å²) in [6.07, 6.45) is 0. The van der Waals surface area contributed by atoms with Gasteiger partial charge in [0.2, 0.25) is 0 Å². The fraction of sp³-hybridized carbons (Fsp3) is 0.400. The van der Waals surface area contributed by atoms with E-state index in [0.29, 0.717) is 17.0 Å². The van der Waals surface area contributed by atoms with Crippen molar-refractivity contribution in [1.82, 2.24) is 10.3 Å². The number of benzene rings is 1. The van der Waals surface area contributed by atoms with Gasteiger partial charge in [-0.05, 0) is 56.0 Å². The molecule has 0 spiro atoms. The van der Waals surface area contributed by atoms with Crippen LogP contribution in [0.3, 0.4) is 0 Å². The van der Waals surface area contributed by atoms with Crippen LogP contribution >= 0.6 is 15.9 Å². The van der Waals surface area contributed by atoms with Gasteiger partial charge in [0.15, 0.2) is 0 Å². The third-order valence-electron chi connectivity index (χ3n) is 4.24. The van der Waals surface area contributed by atoms with Gasteiger partial charge < -0.3 is 15.6 Å². The Morgan fingerprint density at radius 1 is 1.19 bits per heavy atom. The average molecular weight is 420 g/mol. The first-order valence-corrected chi connectivity index (χ1v) is 9.50. The fourth-order valence-corrected chi connectivity index (χ4v) is 3.24. The average Bonchev–Trinajstić information content (AvgIpc) is 2.53. The van der Waals surface area contributed by atoms with Crippen LogP contribution in [0, 0.1) is 26.7 Å². The molecule has 5 nitrogen and oxygen atoms in total. The summed E-state index contributed by atoms with van der Waals surface area (Å²) in [7, 11) is 0. The number of rotatable bonds is 6. The second-order valence-electron chi connectivity index (χ2n) is 7.03. The van der Waals surface area contributed by atoms with E-state index in [1.807, 2.05) is 32.9 Å². The lowest BCUT2D eigenvalue weighted by molar-refractivity contribution is 0.0950. The van der Waals surface area contributed by atoms with Gasteiger partial charge in [-0.15, -0.1) is 0 Å². The van der Waals surface area contributed by atoms with Crippen molar-refractivity contribution in [2.24, 2.45) is 5.92 Å². The van der Waals surface area contributed by atoms with E-state index < -0.39 is 0 Å². The number of hydrogen-bond acceptors (Lipinski definition) is 3. The standard InChI is InChI=1S/C20H26BrN3O2/c1-11(2)9-22-18-8-15(21)7-16(14(18)5)19(25)23-10-17-12(3)6-13(4)24-20(17)26/h6-8,11,22H,9-10H2,1-5H3,(H,23,25)(H,24,26). The molecule has 0 fully saturated rings. The normalized spacial score (nSPS) is 10.9. The predicted octanol–water partition coefficient (Wildman–Crippen LogP) is 4.06. The third kappa shape index (κ3) is 4.97. The van der Waals surface area contributed by atoms with Crippen molar-refractivity contribution in [2.45, 2.75) is 41.2 Å². The molecule has 26 heavy (non-hydrogen) atoms. The number of anilines is 1. The molecule has 1 aromatic carbocycles. The Morgan fingerprint density at radius 3 is 2.50 bits per heavy atom. The van der Waals surface area contributed by atoms with Crippen LogP contribution in [0.25, 0.3) is 0 Å². The zero-order valence-corrected chi connectivity index (χ0v) is 17.5. The van der Waals surface area contributed by atoms with Gasteiger partial charge in [0.25, 0.3) is 11.5 Å². The number of carbonyl (C=O) groups is 1. The number of aromatic amines is 1. The molecule has 0 unspecified atom stereocenters. The first-order chi connectivity index (χ1) is 12.2. The van der Waals surface area contributed by atoms with E-state index in [-0.39, 0.29) is 18.0 Å². The minimum Gasteiger partial charge on any atom is -0.385 e. The van der Waals surface area contributed by atoms with Crippen molar-refractivity contribution >= 4 is 27.5 Å². The van der Waals surface area contributed by atoms with Crippen LogP contribution in [-0.4, -0.2) is 17.4 Å². The van der Waals surface area contributed by atoms with Crippen molar-refractivity contribution < 1.29 is 4.79 Å². The molecule has 1 aromatic heterocycles. The van der Waals surface area contributed by atoms with E-state index in [1.54, 1.807) is 6.07 Å². The van der Waals surface area contributed by atoms with Gasteiger partial charge in [-0.25, -0.2) is 0 Å². The number of pyridine rings is 1. The van der Waals surface area contributed by atoms with E-state index in [4.69, 9.17) is 0 Å². The predicted molar refractivity (Wildman–Crippen MR) is 110 cm³/mol. The van der Waals surface area contributed by atoms with Crippen molar-refractivity contribution in [1.29, 1.82) is 0 Å². The number of halogens is 1. The SMILES string of the molecule is Cc1cc(C)c(CNC(=O)c2cc(Br)cc(NCC(C)C)c2C)c(=O)[nH]1. The number of nitrogens with one attached hydrogen (secondary N) is 3. The van der Waals surface area contributed by atoms with E-state index in [9.17, 15) is 9.59 Å². The maximum Gasteiger partial charge on any atom is 0.253 e. The summed E-state index contributed by atoms with van der Waals surface area (Å²) in [6, 6.07) is 5.68. The second kappa shape index (κ2) is 8.54. The number of aromatic nitrogens is 1. The van der Waals surface area contributed by atoms with Crippen molar-refractivity contribution in [3.8, 4) is 0 Å². The van der Waals surface area contributed by atoms with Crippen LogP contribution in [0.2, 0.25) is 0 Å². The maximum atomic E-state index is 12.7. The molecule has 1 heterocycles. The number of H-pyrrole nitrogens is 1. The Morgan fingerprint density at radius 2 is 1.88 bits per heavy atom. The molecular formula is C20H26BrN3O2. The molecule has 0 bridgehead atoms. The molecule has 6 heteroatoms. The lowest BCUT2D eigenvalue weighted by Gasteiger charge is -2.16. The molecule has 1 amide bonds. The van der Waals surface area contributed by atoms with Gasteiger partial charge in [-0.2, -0.15) is 0 Å². The van der Waals surface area contributed by atoms with Gasteiger partial charge >= 0.3 is 0 Å². The van der Waals surface area contributed by atoms with Crippen molar-refractivity contribution in [2.75, 3.05) is 11.9 Å². The van der Waals surface area contributed by atoms with Crippen LogP contribution in [0.5, 0.6) is 0 Å². The summed E-state index contributed by atoms with van der Waals surface area (Å²) in [6.45, 7) is 10.9. The van der Waals surface area contributed by atoms with Crippen LogP contribution in [0.15, 0.2) is 27.5 Å². The molecule has 2 rings (SSSR count). The van der Waals surface area contributed by atoms with Crippen molar-refractivity contribution in [3.05, 3.63) is 61.0 Å². The molecule has 0 radical (unpaired) electrons. The lowest BCUT2D eigenvalue weighted by Crippen LogP contribution is -2.28. The zero-order chi connectivity index (χ0) is 19.4. The Bertz CT molecular complexity index is 872. The van der Waals surface area contributed by atoms with Gasteiger partial charge in [0, 0.05) is 40.1 Å². The highest BCUT2D eigenvalue weighted by atomic mass is 79.9. The van der Waals surface area contributed by atoms with E-state index in [0.717, 1.165) is 33.5 Å². The number of hydrogen-bond donors (Lipinski definition) is 3. The smallest absolute Gasteiger partial charge is 0.253 e. The van der Waals surface area contributed by atoms with Gasteiger partial charge in [-0.3, -0.25) is 9.59 Å². The largest absolute Gasteiger partial charge is 0.385 e. The maximum absolute atomic E-state index is 12.7. The lowest BCUT2D eigenvalue weighted by atomic mass is 10.0. The van der Waals surface area contributed by atoms with E-state index in [2.05, 4.69) is 45.4 Å². The van der Waals surface area contributed by atoms with E-state index >= 15 is 0 Å². The van der Waals surface area contributed by atoms with E-state index in [1.165, 1.54) is 0 Å². The third-order valence-corrected chi connectivity index (χ3v) is 4.70. The number of carbonyl (C=O) groups excluding carboxylic acids is 1. The van der Waals surface area contributed by atoms with Gasteiger partial charge in [-0.1, -0.05) is 29.8 Å². The summed E-state index contributed by atoms with van der Waals surface area (Å²) >= 11 is 3.47. The molecule has 3 N–H and O–H groups in total. The summed E-state index contributed by atoms with van der Waals surface area (Å²) < 4.78 is 0.837. The number of amides is 1. The molecule has 0 aliphatic heterocycles. The zero-order valence-electron chi connectivity index (χ0n) is 15.9. The highest BCUT2D eigenvalue weighted by molar-refractivity contribution is 9.10.